The first-order valence-corrected chi connectivity index (χ1v) is 8.30. The van der Waals surface area contributed by atoms with Gasteiger partial charge in [-0.05, 0) is 43.2 Å². The second-order valence-corrected chi connectivity index (χ2v) is 5.72. The van der Waals surface area contributed by atoms with Crippen LogP contribution in [0, 0.1) is 6.92 Å². The first kappa shape index (κ1) is 17.8. The van der Waals surface area contributed by atoms with Crippen molar-refractivity contribution < 1.29 is 9.53 Å². The van der Waals surface area contributed by atoms with Crippen LogP contribution in [0.3, 0.4) is 0 Å². The van der Waals surface area contributed by atoms with E-state index in [2.05, 4.69) is 22.5 Å². The third-order valence-corrected chi connectivity index (χ3v) is 3.69. The fourth-order valence-corrected chi connectivity index (χ4v) is 2.37. The van der Waals surface area contributed by atoms with Gasteiger partial charge in [-0.15, -0.1) is 0 Å². The van der Waals surface area contributed by atoms with E-state index in [0.717, 1.165) is 42.0 Å². The number of carbonyl (C=O) groups excluding carboxylic acids is 1. The highest BCUT2D eigenvalue weighted by atomic mass is 16.5. The van der Waals surface area contributed by atoms with Crippen LogP contribution in [-0.2, 0) is 0 Å². The maximum Gasteiger partial charge on any atom is 0.269 e. The molecule has 0 radical (unpaired) electrons. The highest BCUT2D eigenvalue weighted by Crippen LogP contribution is 2.28. The van der Waals surface area contributed by atoms with Crippen LogP contribution in [0.15, 0.2) is 36.5 Å². The number of methoxy groups -OCH3 is 1. The van der Waals surface area contributed by atoms with Crippen molar-refractivity contribution in [3.8, 4) is 5.75 Å². The number of aromatic nitrogens is 1. The molecule has 0 atom stereocenters. The summed E-state index contributed by atoms with van der Waals surface area (Å²) >= 11 is 0. The summed E-state index contributed by atoms with van der Waals surface area (Å²) in [5.74, 6) is 0.605. The molecule has 24 heavy (non-hydrogen) atoms. The summed E-state index contributed by atoms with van der Waals surface area (Å²) in [5.41, 5.74) is 3.19. The van der Waals surface area contributed by atoms with Gasteiger partial charge in [-0.25, -0.2) is 0 Å². The van der Waals surface area contributed by atoms with E-state index in [-0.39, 0.29) is 5.91 Å². The summed E-state index contributed by atoms with van der Waals surface area (Å²) in [6.07, 6.45) is 4.86. The lowest BCUT2D eigenvalue weighted by atomic mass is 10.2. The highest BCUT2D eigenvalue weighted by molar-refractivity contribution is 5.93. The Morgan fingerprint density at radius 2 is 2.04 bits per heavy atom. The van der Waals surface area contributed by atoms with E-state index >= 15 is 0 Å². The number of nitrogens with zero attached hydrogens (tertiary/aromatic N) is 1. The Hall–Kier alpha value is -2.56. The van der Waals surface area contributed by atoms with Crippen molar-refractivity contribution >= 4 is 17.3 Å². The number of ether oxygens (including phenoxy) is 1. The van der Waals surface area contributed by atoms with Crippen LogP contribution in [0.5, 0.6) is 5.75 Å². The van der Waals surface area contributed by atoms with Crippen LogP contribution in [0.25, 0.3) is 0 Å². The van der Waals surface area contributed by atoms with E-state index < -0.39 is 0 Å². The van der Waals surface area contributed by atoms with E-state index in [1.807, 2.05) is 31.2 Å². The average molecular weight is 327 g/mol. The van der Waals surface area contributed by atoms with Gasteiger partial charge in [-0.1, -0.05) is 25.8 Å². The molecule has 128 valence electrons. The second-order valence-electron chi connectivity index (χ2n) is 5.72. The summed E-state index contributed by atoms with van der Waals surface area (Å²) in [4.78, 5) is 16.3. The highest BCUT2D eigenvalue weighted by Gasteiger charge is 2.09. The van der Waals surface area contributed by atoms with E-state index in [0.29, 0.717) is 12.2 Å². The molecule has 0 spiro atoms. The molecule has 2 N–H and O–H groups in total. The molecule has 0 aliphatic heterocycles. The van der Waals surface area contributed by atoms with Gasteiger partial charge in [0.05, 0.1) is 12.8 Å². The van der Waals surface area contributed by atoms with Crippen molar-refractivity contribution in [3.05, 3.63) is 47.8 Å². The van der Waals surface area contributed by atoms with Crippen LogP contribution in [0.2, 0.25) is 0 Å². The van der Waals surface area contributed by atoms with Crippen molar-refractivity contribution in [3.63, 3.8) is 0 Å². The maximum atomic E-state index is 12.2. The first-order valence-electron chi connectivity index (χ1n) is 8.30. The molecule has 1 heterocycles. The third-order valence-electron chi connectivity index (χ3n) is 3.69. The number of amides is 1. The third kappa shape index (κ3) is 4.98. The molecule has 0 saturated carbocycles. The largest absolute Gasteiger partial charge is 0.495 e. The number of benzene rings is 1. The first-order chi connectivity index (χ1) is 11.6. The minimum absolute atomic E-state index is 0.147. The lowest BCUT2D eigenvalue weighted by Crippen LogP contribution is -2.25. The van der Waals surface area contributed by atoms with Crippen LogP contribution in [-0.4, -0.2) is 24.5 Å². The van der Waals surface area contributed by atoms with Crippen LogP contribution in [0.1, 0.15) is 42.2 Å². The fraction of sp³-hybridized carbons (Fsp3) is 0.368. The van der Waals surface area contributed by atoms with Gasteiger partial charge < -0.3 is 15.4 Å². The van der Waals surface area contributed by atoms with Crippen LogP contribution >= 0.6 is 0 Å². The standard InChI is InChI=1S/C19H25N3O2/c1-4-5-6-10-21-19(23)17-13-15(9-11-20-17)22-16-12-14(2)7-8-18(16)24-3/h7-9,11-13H,4-6,10H2,1-3H3,(H,20,22)(H,21,23). The fourth-order valence-electron chi connectivity index (χ4n) is 2.37. The number of pyridine rings is 1. The Bertz CT molecular complexity index is 686. The molecule has 5 heteroatoms. The van der Waals surface area contributed by atoms with Gasteiger partial charge in [0.1, 0.15) is 11.4 Å². The van der Waals surface area contributed by atoms with Crippen molar-refractivity contribution in [2.45, 2.75) is 33.1 Å². The molecule has 5 nitrogen and oxygen atoms in total. The number of unbranched alkanes of at least 4 members (excludes halogenated alkanes) is 2. The Kier molecular flexibility index (Phi) is 6.61. The van der Waals surface area contributed by atoms with Crippen molar-refractivity contribution in [2.24, 2.45) is 0 Å². The molecule has 2 rings (SSSR count). The Morgan fingerprint density at radius 3 is 2.79 bits per heavy atom. The van der Waals surface area contributed by atoms with Crippen molar-refractivity contribution in [1.29, 1.82) is 0 Å². The van der Waals surface area contributed by atoms with E-state index in [1.165, 1.54) is 0 Å². The minimum atomic E-state index is -0.147. The zero-order chi connectivity index (χ0) is 17.4. The molecule has 0 bridgehead atoms. The van der Waals surface area contributed by atoms with Gasteiger partial charge in [0.25, 0.3) is 5.91 Å². The van der Waals surface area contributed by atoms with Crippen molar-refractivity contribution in [2.75, 3.05) is 19.0 Å². The molecule has 0 aliphatic rings. The minimum Gasteiger partial charge on any atom is -0.495 e. The predicted octanol–water partition coefficient (Wildman–Crippen LogP) is 4.06. The Labute approximate surface area is 143 Å². The SMILES string of the molecule is CCCCCNC(=O)c1cc(Nc2cc(C)ccc2OC)ccn1. The average Bonchev–Trinajstić information content (AvgIpc) is 2.59. The van der Waals surface area contributed by atoms with Crippen LogP contribution in [0.4, 0.5) is 11.4 Å². The summed E-state index contributed by atoms with van der Waals surface area (Å²) in [7, 11) is 1.64. The van der Waals surface area contributed by atoms with Crippen LogP contribution < -0.4 is 15.4 Å². The van der Waals surface area contributed by atoms with E-state index in [9.17, 15) is 4.79 Å². The Morgan fingerprint density at radius 1 is 1.21 bits per heavy atom. The molecular formula is C19H25N3O2. The second kappa shape index (κ2) is 8.91. The molecular weight excluding hydrogens is 302 g/mol. The number of aryl methyl sites for hydroxylation is 1. The van der Waals surface area contributed by atoms with E-state index in [1.54, 1.807) is 19.4 Å². The van der Waals surface area contributed by atoms with Gasteiger partial charge >= 0.3 is 0 Å². The van der Waals surface area contributed by atoms with Gasteiger partial charge in [0, 0.05) is 18.4 Å². The number of hydrogen-bond acceptors (Lipinski definition) is 4. The molecule has 1 aromatic carbocycles. The lowest BCUT2D eigenvalue weighted by molar-refractivity contribution is 0.0948. The molecule has 0 aliphatic carbocycles. The monoisotopic (exact) mass is 327 g/mol. The molecule has 2 aromatic rings. The molecule has 0 unspecified atom stereocenters. The van der Waals surface area contributed by atoms with Gasteiger partial charge in [0.2, 0.25) is 0 Å². The lowest BCUT2D eigenvalue weighted by Gasteiger charge is -2.12. The summed E-state index contributed by atoms with van der Waals surface area (Å²) < 4.78 is 5.37. The smallest absolute Gasteiger partial charge is 0.269 e. The topological polar surface area (TPSA) is 63.2 Å². The zero-order valence-electron chi connectivity index (χ0n) is 14.6. The van der Waals surface area contributed by atoms with Gasteiger partial charge in [0.15, 0.2) is 0 Å². The summed E-state index contributed by atoms with van der Waals surface area (Å²) in [6, 6.07) is 9.49. The number of hydrogen-bond donors (Lipinski definition) is 2. The normalized spacial score (nSPS) is 10.3. The quantitative estimate of drug-likeness (QED) is 0.718. The molecule has 1 amide bonds. The number of carbonyl (C=O) groups is 1. The summed E-state index contributed by atoms with van der Waals surface area (Å²) in [6.45, 7) is 4.84. The van der Waals surface area contributed by atoms with Gasteiger partial charge in [-0.2, -0.15) is 0 Å². The zero-order valence-corrected chi connectivity index (χ0v) is 14.6. The number of nitrogens with one attached hydrogen (secondary N) is 2. The van der Waals surface area contributed by atoms with Gasteiger partial charge in [-0.3, -0.25) is 9.78 Å². The number of anilines is 2. The maximum absolute atomic E-state index is 12.2. The molecule has 1 aromatic heterocycles. The van der Waals surface area contributed by atoms with E-state index in [4.69, 9.17) is 4.74 Å². The molecule has 0 fully saturated rings. The predicted molar refractivity (Wildman–Crippen MR) is 97.1 cm³/mol. The summed E-state index contributed by atoms with van der Waals surface area (Å²) in [5, 5.41) is 6.19. The Balaban J connectivity index is 2.07. The molecule has 0 saturated heterocycles. The van der Waals surface area contributed by atoms with Crippen molar-refractivity contribution in [1.82, 2.24) is 10.3 Å². The number of rotatable bonds is 8.